The van der Waals surface area contributed by atoms with Gasteiger partial charge in [0.2, 0.25) is 0 Å². The van der Waals surface area contributed by atoms with E-state index in [9.17, 15) is 0 Å². The average molecular weight is 300 g/mol. The van der Waals surface area contributed by atoms with E-state index < -0.39 is 0 Å². The normalized spacial score (nSPS) is 10.6. The second-order valence-electron chi connectivity index (χ2n) is 4.59. The second-order valence-corrected chi connectivity index (χ2v) is 4.95. The maximum Gasteiger partial charge on any atom is 0.161 e. The number of aromatic nitrogens is 1. The van der Waals surface area contributed by atoms with Crippen LogP contribution in [0.2, 0.25) is 5.15 Å². The minimum Gasteiger partial charge on any atom is -0.493 e. The summed E-state index contributed by atoms with van der Waals surface area (Å²) >= 11 is 6.28. The van der Waals surface area contributed by atoms with E-state index in [0.29, 0.717) is 16.7 Å². The van der Waals surface area contributed by atoms with Crippen LogP contribution in [0.1, 0.15) is 0 Å². The predicted molar refractivity (Wildman–Crippen MR) is 85.3 cm³/mol. The van der Waals surface area contributed by atoms with Crippen LogP contribution in [0.3, 0.4) is 0 Å². The fourth-order valence-corrected chi connectivity index (χ4v) is 2.56. The largest absolute Gasteiger partial charge is 0.493 e. The van der Waals surface area contributed by atoms with E-state index in [4.69, 9.17) is 21.1 Å². The van der Waals surface area contributed by atoms with Crippen LogP contribution in [0.25, 0.3) is 22.0 Å². The van der Waals surface area contributed by atoms with E-state index >= 15 is 0 Å². The molecule has 0 bridgehead atoms. The van der Waals surface area contributed by atoms with Crippen LogP contribution in [-0.4, -0.2) is 19.2 Å². The molecule has 0 radical (unpaired) electrons. The van der Waals surface area contributed by atoms with Gasteiger partial charge in [0, 0.05) is 10.9 Å². The Bertz CT molecular complexity index is 802. The third-order valence-corrected chi connectivity index (χ3v) is 3.66. The van der Waals surface area contributed by atoms with Crippen molar-refractivity contribution in [3.63, 3.8) is 0 Å². The zero-order valence-corrected chi connectivity index (χ0v) is 12.5. The smallest absolute Gasteiger partial charge is 0.161 e. The van der Waals surface area contributed by atoms with Crippen LogP contribution >= 0.6 is 11.6 Å². The first-order valence-corrected chi connectivity index (χ1v) is 6.88. The van der Waals surface area contributed by atoms with Gasteiger partial charge in [-0.3, -0.25) is 0 Å². The number of fused-ring (bicyclic) bond motifs is 1. The fraction of sp³-hybridized carbons (Fsp3) is 0.118. The number of pyridine rings is 1. The van der Waals surface area contributed by atoms with Crippen LogP contribution in [0.4, 0.5) is 0 Å². The third kappa shape index (κ3) is 2.52. The maximum absolute atomic E-state index is 6.28. The molecule has 0 saturated carbocycles. The van der Waals surface area contributed by atoms with Gasteiger partial charge in [0.05, 0.1) is 19.9 Å². The summed E-state index contributed by atoms with van der Waals surface area (Å²) in [6.07, 6.45) is 0. The Hall–Kier alpha value is -2.26. The van der Waals surface area contributed by atoms with E-state index in [0.717, 1.165) is 22.0 Å². The summed E-state index contributed by atoms with van der Waals surface area (Å²) in [6.45, 7) is 0. The lowest BCUT2D eigenvalue weighted by atomic mass is 10.1. The van der Waals surface area contributed by atoms with E-state index in [-0.39, 0.29) is 0 Å². The highest BCUT2D eigenvalue weighted by Gasteiger charge is 2.09. The predicted octanol–water partition coefficient (Wildman–Crippen LogP) is 4.57. The molecule has 0 aliphatic heterocycles. The Morgan fingerprint density at radius 2 is 1.67 bits per heavy atom. The molecule has 3 nitrogen and oxygen atoms in total. The van der Waals surface area contributed by atoms with Crippen LogP contribution < -0.4 is 9.47 Å². The van der Waals surface area contributed by atoms with Crippen LogP contribution in [0.5, 0.6) is 11.5 Å². The molecule has 1 aromatic heterocycles. The van der Waals surface area contributed by atoms with Gasteiger partial charge in [-0.25, -0.2) is 4.98 Å². The number of methoxy groups -OCH3 is 2. The van der Waals surface area contributed by atoms with Crippen molar-refractivity contribution < 1.29 is 9.47 Å². The molecule has 0 atom stereocenters. The summed E-state index contributed by atoms with van der Waals surface area (Å²) in [4.78, 5) is 4.47. The van der Waals surface area contributed by atoms with Crippen molar-refractivity contribution in [2.24, 2.45) is 0 Å². The number of hydrogen-bond acceptors (Lipinski definition) is 3. The van der Waals surface area contributed by atoms with Crippen molar-refractivity contribution in [3.8, 4) is 22.8 Å². The molecule has 0 amide bonds. The van der Waals surface area contributed by atoms with Crippen molar-refractivity contribution in [3.05, 3.63) is 53.7 Å². The van der Waals surface area contributed by atoms with Crippen molar-refractivity contribution in [1.82, 2.24) is 4.98 Å². The maximum atomic E-state index is 6.28. The summed E-state index contributed by atoms with van der Waals surface area (Å²) in [6, 6.07) is 15.6. The standard InChI is InChI=1S/C17H14ClNO2/c1-20-15-8-7-12(10-16(15)21-2)14-9-11-5-3-4-6-13(11)17(18)19-14/h3-10H,1-2H3. The number of ether oxygens (including phenoxy) is 2. The number of nitrogens with zero attached hydrogens (tertiary/aromatic N) is 1. The molecule has 0 N–H and O–H groups in total. The third-order valence-electron chi connectivity index (χ3n) is 3.37. The molecule has 0 aliphatic carbocycles. The Kier molecular flexibility index (Phi) is 3.67. The lowest BCUT2D eigenvalue weighted by Crippen LogP contribution is -1.92. The number of benzene rings is 2. The Morgan fingerprint density at radius 3 is 2.43 bits per heavy atom. The lowest BCUT2D eigenvalue weighted by molar-refractivity contribution is 0.355. The highest BCUT2D eigenvalue weighted by atomic mass is 35.5. The summed E-state index contributed by atoms with van der Waals surface area (Å²) in [5.74, 6) is 1.36. The Balaban J connectivity index is 2.16. The summed E-state index contributed by atoms with van der Waals surface area (Å²) in [7, 11) is 3.23. The lowest BCUT2D eigenvalue weighted by Gasteiger charge is -2.10. The highest BCUT2D eigenvalue weighted by molar-refractivity contribution is 6.34. The van der Waals surface area contributed by atoms with Crippen molar-refractivity contribution in [2.75, 3.05) is 14.2 Å². The molecular formula is C17H14ClNO2. The van der Waals surface area contributed by atoms with Gasteiger partial charge in [-0.2, -0.15) is 0 Å². The molecule has 0 saturated heterocycles. The van der Waals surface area contributed by atoms with Gasteiger partial charge in [-0.05, 0) is 29.7 Å². The Morgan fingerprint density at radius 1 is 0.905 bits per heavy atom. The molecule has 1 heterocycles. The molecule has 106 valence electrons. The van der Waals surface area contributed by atoms with Gasteiger partial charge in [0.15, 0.2) is 11.5 Å². The molecule has 2 aromatic carbocycles. The monoisotopic (exact) mass is 299 g/mol. The SMILES string of the molecule is COc1ccc(-c2cc3ccccc3c(Cl)n2)cc1OC. The number of halogens is 1. The molecule has 21 heavy (non-hydrogen) atoms. The van der Waals surface area contributed by atoms with Crippen molar-refractivity contribution in [2.45, 2.75) is 0 Å². The molecule has 0 fully saturated rings. The van der Waals surface area contributed by atoms with E-state index in [1.54, 1.807) is 14.2 Å². The summed E-state index contributed by atoms with van der Waals surface area (Å²) in [5, 5.41) is 2.50. The van der Waals surface area contributed by atoms with Gasteiger partial charge in [-0.1, -0.05) is 35.9 Å². The zero-order chi connectivity index (χ0) is 14.8. The number of hydrogen-bond donors (Lipinski definition) is 0. The average Bonchev–Trinajstić information content (AvgIpc) is 2.54. The molecular weight excluding hydrogens is 286 g/mol. The van der Waals surface area contributed by atoms with E-state index in [2.05, 4.69) is 4.98 Å². The molecule has 3 aromatic rings. The quantitative estimate of drug-likeness (QED) is 0.664. The zero-order valence-electron chi connectivity index (χ0n) is 11.8. The summed E-state index contributed by atoms with van der Waals surface area (Å²) in [5.41, 5.74) is 1.74. The van der Waals surface area contributed by atoms with E-state index in [1.165, 1.54) is 0 Å². The topological polar surface area (TPSA) is 31.4 Å². The fourth-order valence-electron chi connectivity index (χ4n) is 2.30. The molecule has 3 rings (SSSR count). The van der Waals surface area contributed by atoms with Gasteiger partial charge in [-0.15, -0.1) is 0 Å². The minimum absolute atomic E-state index is 0.498. The molecule has 0 unspecified atom stereocenters. The van der Waals surface area contributed by atoms with Gasteiger partial charge < -0.3 is 9.47 Å². The molecule has 0 spiro atoms. The van der Waals surface area contributed by atoms with Gasteiger partial charge >= 0.3 is 0 Å². The van der Waals surface area contributed by atoms with E-state index in [1.807, 2.05) is 48.5 Å². The van der Waals surface area contributed by atoms with Crippen LogP contribution in [0.15, 0.2) is 48.5 Å². The van der Waals surface area contributed by atoms with Crippen molar-refractivity contribution in [1.29, 1.82) is 0 Å². The van der Waals surface area contributed by atoms with Crippen molar-refractivity contribution >= 4 is 22.4 Å². The first kappa shape index (κ1) is 13.7. The van der Waals surface area contributed by atoms with Gasteiger partial charge in [0.1, 0.15) is 5.15 Å². The first-order valence-electron chi connectivity index (χ1n) is 6.50. The van der Waals surface area contributed by atoms with Crippen LogP contribution in [-0.2, 0) is 0 Å². The second kappa shape index (κ2) is 5.62. The Labute approximate surface area is 128 Å². The summed E-state index contributed by atoms with van der Waals surface area (Å²) < 4.78 is 10.6. The van der Waals surface area contributed by atoms with Gasteiger partial charge in [0.25, 0.3) is 0 Å². The molecule has 0 aliphatic rings. The first-order chi connectivity index (χ1) is 10.2. The minimum atomic E-state index is 0.498. The highest BCUT2D eigenvalue weighted by Crippen LogP contribution is 2.33. The molecule has 4 heteroatoms. The number of rotatable bonds is 3. The van der Waals surface area contributed by atoms with Crippen LogP contribution in [0, 0.1) is 0 Å².